The van der Waals surface area contributed by atoms with Crippen molar-refractivity contribution >= 4 is 23.8 Å². The summed E-state index contributed by atoms with van der Waals surface area (Å²) in [5.74, 6) is -0.476. The van der Waals surface area contributed by atoms with Crippen LogP contribution in [0.1, 0.15) is 55.5 Å². The van der Waals surface area contributed by atoms with Gasteiger partial charge in [-0.2, -0.15) is 0 Å². The van der Waals surface area contributed by atoms with E-state index in [2.05, 4.69) is 30.1 Å². The summed E-state index contributed by atoms with van der Waals surface area (Å²) < 4.78 is 0. The Balaban J connectivity index is 2.20. The lowest BCUT2D eigenvalue weighted by molar-refractivity contribution is -0.137. The van der Waals surface area contributed by atoms with Crippen LogP contribution in [0.2, 0.25) is 0 Å². The standard InChI is InChI=1S/C20H29N3O3/c1-4-10-23(11-5-2)17-7-6-15(14-24)16(12-17)13-22(3)18-8-9-19(25)21-20(18)26/h6-7,12,14,18H,4-5,8-11,13H2,1-3H3,(H,21,25,26). The highest BCUT2D eigenvalue weighted by atomic mass is 16.2. The molecular weight excluding hydrogens is 330 g/mol. The lowest BCUT2D eigenvalue weighted by Gasteiger charge is -2.30. The molecule has 1 fully saturated rings. The van der Waals surface area contributed by atoms with Crippen molar-refractivity contribution in [2.45, 2.75) is 52.1 Å². The fourth-order valence-electron chi connectivity index (χ4n) is 3.43. The number of amides is 2. The molecule has 0 aromatic heterocycles. The summed E-state index contributed by atoms with van der Waals surface area (Å²) in [5, 5.41) is 2.39. The van der Waals surface area contributed by atoms with E-state index in [9.17, 15) is 14.4 Å². The van der Waals surface area contributed by atoms with Crippen molar-refractivity contribution in [2.24, 2.45) is 0 Å². The number of aldehydes is 1. The molecule has 6 heteroatoms. The van der Waals surface area contributed by atoms with Crippen molar-refractivity contribution in [3.8, 4) is 0 Å². The van der Waals surface area contributed by atoms with Gasteiger partial charge in [0, 0.05) is 37.3 Å². The molecule has 2 amide bonds. The molecule has 0 aliphatic carbocycles. The quantitative estimate of drug-likeness (QED) is 0.541. The Morgan fingerprint density at radius 1 is 1.19 bits per heavy atom. The zero-order valence-corrected chi connectivity index (χ0v) is 16.0. The largest absolute Gasteiger partial charge is 0.372 e. The molecule has 1 heterocycles. The Bertz CT molecular complexity index is 654. The van der Waals surface area contributed by atoms with E-state index in [0.717, 1.165) is 43.5 Å². The average Bonchev–Trinajstić information content (AvgIpc) is 2.61. The number of benzene rings is 1. The molecule has 0 spiro atoms. The van der Waals surface area contributed by atoms with Crippen molar-refractivity contribution < 1.29 is 14.4 Å². The highest BCUT2D eigenvalue weighted by Gasteiger charge is 2.30. The number of imide groups is 1. The van der Waals surface area contributed by atoms with E-state index in [1.54, 1.807) is 0 Å². The number of hydrogen-bond acceptors (Lipinski definition) is 5. The second-order valence-electron chi connectivity index (χ2n) is 6.87. The predicted molar refractivity (Wildman–Crippen MR) is 102 cm³/mol. The molecule has 1 atom stereocenters. The van der Waals surface area contributed by atoms with E-state index in [4.69, 9.17) is 0 Å². The topological polar surface area (TPSA) is 69.7 Å². The van der Waals surface area contributed by atoms with Crippen molar-refractivity contribution in [2.75, 3.05) is 25.0 Å². The summed E-state index contributed by atoms with van der Waals surface area (Å²) in [5.41, 5.74) is 2.65. The fraction of sp³-hybridized carbons (Fsp3) is 0.550. The van der Waals surface area contributed by atoms with Crippen LogP contribution in [-0.2, 0) is 16.1 Å². The van der Waals surface area contributed by atoms with Crippen LogP contribution in [0.4, 0.5) is 5.69 Å². The van der Waals surface area contributed by atoms with Crippen LogP contribution >= 0.6 is 0 Å². The van der Waals surface area contributed by atoms with Crippen LogP contribution in [0.15, 0.2) is 18.2 Å². The van der Waals surface area contributed by atoms with Crippen LogP contribution in [0.25, 0.3) is 0 Å². The van der Waals surface area contributed by atoms with Gasteiger partial charge in [0.15, 0.2) is 0 Å². The lowest BCUT2D eigenvalue weighted by atomic mass is 10.0. The van der Waals surface area contributed by atoms with Crippen LogP contribution in [0, 0.1) is 0 Å². The van der Waals surface area contributed by atoms with E-state index in [0.29, 0.717) is 24.9 Å². The van der Waals surface area contributed by atoms with Gasteiger partial charge in [-0.05, 0) is 50.1 Å². The monoisotopic (exact) mass is 359 g/mol. The van der Waals surface area contributed by atoms with Gasteiger partial charge in [0.2, 0.25) is 11.8 Å². The number of hydrogen-bond donors (Lipinski definition) is 1. The molecule has 26 heavy (non-hydrogen) atoms. The number of anilines is 1. The zero-order chi connectivity index (χ0) is 19.1. The van der Waals surface area contributed by atoms with E-state index >= 15 is 0 Å². The second-order valence-corrected chi connectivity index (χ2v) is 6.87. The second kappa shape index (κ2) is 9.48. The Labute approximate surface area is 155 Å². The predicted octanol–water partition coefficient (Wildman–Crippen LogP) is 2.36. The van der Waals surface area contributed by atoms with Gasteiger partial charge in [0.25, 0.3) is 0 Å². The van der Waals surface area contributed by atoms with Gasteiger partial charge in [-0.15, -0.1) is 0 Å². The number of nitrogens with one attached hydrogen (secondary N) is 1. The molecule has 1 saturated heterocycles. The maximum Gasteiger partial charge on any atom is 0.243 e. The van der Waals surface area contributed by atoms with Gasteiger partial charge >= 0.3 is 0 Å². The number of likely N-dealkylation sites (N-methyl/N-ethyl adjacent to an activating group) is 1. The maximum atomic E-state index is 12.1. The molecule has 1 aromatic rings. The van der Waals surface area contributed by atoms with Crippen LogP contribution in [0.5, 0.6) is 0 Å². The van der Waals surface area contributed by atoms with Crippen LogP contribution < -0.4 is 10.2 Å². The van der Waals surface area contributed by atoms with Gasteiger partial charge in [-0.3, -0.25) is 24.6 Å². The molecule has 142 valence electrons. The van der Waals surface area contributed by atoms with Crippen molar-refractivity contribution in [1.82, 2.24) is 10.2 Å². The SMILES string of the molecule is CCCN(CCC)c1ccc(C=O)c(CN(C)C2CCC(=O)NC2=O)c1. The third-order valence-corrected chi connectivity index (χ3v) is 4.77. The molecule has 1 aliphatic heterocycles. The number of rotatable bonds is 9. The Hall–Kier alpha value is -2.21. The van der Waals surface area contributed by atoms with Gasteiger partial charge in [0.05, 0.1) is 6.04 Å². The third-order valence-electron chi connectivity index (χ3n) is 4.77. The zero-order valence-electron chi connectivity index (χ0n) is 16.0. The van der Waals surface area contributed by atoms with E-state index in [1.807, 2.05) is 24.1 Å². The maximum absolute atomic E-state index is 12.1. The Morgan fingerprint density at radius 3 is 2.46 bits per heavy atom. The summed E-state index contributed by atoms with van der Waals surface area (Å²) in [7, 11) is 1.86. The molecule has 0 saturated carbocycles. The molecule has 2 rings (SSSR count). The molecule has 0 radical (unpaired) electrons. The lowest BCUT2D eigenvalue weighted by Crippen LogP contribution is -2.51. The highest BCUT2D eigenvalue weighted by molar-refractivity contribution is 6.00. The summed E-state index contributed by atoms with van der Waals surface area (Å²) in [6, 6.07) is 5.55. The first-order chi connectivity index (χ1) is 12.5. The Morgan fingerprint density at radius 2 is 1.88 bits per heavy atom. The number of carbonyl (C=O) groups excluding carboxylic acids is 3. The first-order valence-corrected chi connectivity index (χ1v) is 9.37. The number of piperidine rings is 1. The van der Waals surface area contributed by atoms with Crippen molar-refractivity contribution in [3.05, 3.63) is 29.3 Å². The summed E-state index contributed by atoms with van der Waals surface area (Å²) in [6.45, 7) is 6.73. The molecule has 0 bridgehead atoms. The molecule has 6 nitrogen and oxygen atoms in total. The van der Waals surface area contributed by atoms with Gasteiger partial charge < -0.3 is 4.90 Å². The highest BCUT2D eigenvalue weighted by Crippen LogP contribution is 2.22. The molecule has 1 aromatic carbocycles. The van der Waals surface area contributed by atoms with E-state index < -0.39 is 0 Å². The van der Waals surface area contributed by atoms with Crippen LogP contribution in [-0.4, -0.2) is 49.2 Å². The van der Waals surface area contributed by atoms with Gasteiger partial charge in [-0.25, -0.2) is 0 Å². The number of nitrogens with zero attached hydrogens (tertiary/aromatic N) is 2. The third kappa shape index (κ3) is 4.91. The number of carbonyl (C=O) groups is 3. The van der Waals surface area contributed by atoms with Crippen molar-refractivity contribution in [3.63, 3.8) is 0 Å². The Kier molecular flexibility index (Phi) is 7.33. The molecule has 1 unspecified atom stereocenters. The smallest absolute Gasteiger partial charge is 0.243 e. The average molecular weight is 359 g/mol. The first kappa shape index (κ1) is 20.1. The van der Waals surface area contributed by atoms with Gasteiger partial charge in [0.1, 0.15) is 6.29 Å². The van der Waals surface area contributed by atoms with Crippen LogP contribution in [0.3, 0.4) is 0 Å². The first-order valence-electron chi connectivity index (χ1n) is 9.37. The fourth-order valence-corrected chi connectivity index (χ4v) is 3.43. The minimum Gasteiger partial charge on any atom is -0.372 e. The van der Waals surface area contributed by atoms with E-state index in [-0.39, 0.29) is 17.9 Å². The minimum absolute atomic E-state index is 0.218. The summed E-state index contributed by atoms with van der Waals surface area (Å²) in [4.78, 5) is 39.1. The summed E-state index contributed by atoms with van der Waals surface area (Å²) >= 11 is 0. The minimum atomic E-state index is -0.349. The van der Waals surface area contributed by atoms with Gasteiger partial charge in [-0.1, -0.05) is 13.8 Å². The molecular formula is C20H29N3O3. The normalized spacial score (nSPS) is 17.3. The molecule has 1 N–H and O–H groups in total. The van der Waals surface area contributed by atoms with E-state index in [1.165, 1.54) is 0 Å². The summed E-state index contributed by atoms with van der Waals surface area (Å²) in [6.07, 6.45) is 3.83. The molecule has 1 aliphatic rings. The van der Waals surface area contributed by atoms with Crippen molar-refractivity contribution in [1.29, 1.82) is 0 Å².